The number of benzene rings is 2. The Kier molecular flexibility index (Phi) is 18.9. The molecule has 5 N–H and O–H groups in total. The highest BCUT2D eigenvalue weighted by Crippen LogP contribution is 2.37. The van der Waals surface area contributed by atoms with Crippen molar-refractivity contribution in [3.8, 4) is 22.5 Å². The molecular formula is C60H74N12O9. The zero-order valence-corrected chi connectivity index (χ0v) is 48.1. The molecular weight excluding hydrogens is 1030 g/mol. The summed E-state index contributed by atoms with van der Waals surface area (Å²) in [5, 5.41) is 5.63. The van der Waals surface area contributed by atoms with Crippen LogP contribution < -0.4 is 21.9 Å². The number of nitrogens with one attached hydrogen (secondary N) is 3. The number of imidazole rings is 2. The van der Waals surface area contributed by atoms with Gasteiger partial charge in [0.15, 0.2) is 23.2 Å². The molecule has 8 rings (SSSR count). The lowest BCUT2D eigenvalue weighted by Gasteiger charge is -2.36. The van der Waals surface area contributed by atoms with Crippen LogP contribution in [0.2, 0.25) is 0 Å². The molecule has 0 saturated carbocycles. The molecule has 2 aliphatic rings. The minimum atomic E-state index is -0.690. The first-order valence-electron chi connectivity index (χ1n) is 27.4. The minimum absolute atomic E-state index is 0.174. The summed E-state index contributed by atoms with van der Waals surface area (Å²) in [6, 6.07) is 20.0. The van der Waals surface area contributed by atoms with Crippen molar-refractivity contribution in [3.05, 3.63) is 130 Å². The highest BCUT2D eigenvalue weighted by Gasteiger charge is 2.38. The molecule has 2 atom stereocenters. The number of hydrogen-bond acceptors (Lipinski definition) is 14. The molecule has 2 aromatic carbocycles. The van der Waals surface area contributed by atoms with E-state index in [1.54, 1.807) is 91.5 Å². The van der Waals surface area contributed by atoms with Crippen molar-refractivity contribution in [1.29, 1.82) is 0 Å². The van der Waals surface area contributed by atoms with Gasteiger partial charge in [-0.3, -0.25) is 39.2 Å². The Bertz CT molecular complexity index is 3300. The number of hydrogen-bond donors (Lipinski definition) is 4. The predicted molar refractivity (Wildman–Crippen MR) is 308 cm³/mol. The lowest BCUT2D eigenvalue weighted by molar-refractivity contribution is -0.115. The summed E-state index contributed by atoms with van der Waals surface area (Å²) in [5.74, 6) is 6.57. The maximum atomic E-state index is 13.2. The minimum Gasteiger partial charge on any atom is -0.444 e. The number of carbonyl (C=O) groups excluding carboxylic acids is 7. The number of likely N-dealkylation sites (tertiary alicyclic amines) is 2. The number of aromatic nitrogens is 6. The van der Waals surface area contributed by atoms with Crippen molar-refractivity contribution in [2.75, 3.05) is 35.0 Å². The third-order valence-corrected chi connectivity index (χ3v) is 13.4. The number of nitrogens with zero attached hydrogens (tertiary/aromatic N) is 8. The normalized spacial score (nSPS) is 15.4. The zero-order chi connectivity index (χ0) is 58.9. The molecule has 21 heteroatoms. The molecule has 5 amide bonds. The number of piperidine rings is 2. The predicted octanol–water partition coefficient (Wildman–Crippen LogP) is 10.7. The summed E-state index contributed by atoms with van der Waals surface area (Å²) < 4.78 is 14.0. The fraction of sp³-hybridized carbons (Fsp3) is 0.417. The molecule has 0 aliphatic carbocycles. The number of rotatable bonds is 13. The molecule has 0 bridgehead atoms. The van der Waals surface area contributed by atoms with Crippen molar-refractivity contribution >= 4 is 53.1 Å². The Morgan fingerprint density at radius 1 is 0.580 bits per heavy atom. The van der Waals surface area contributed by atoms with Crippen LogP contribution >= 0.6 is 0 Å². The van der Waals surface area contributed by atoms with Crippen molar-refractivity contribution in [2.24, 2.45) is 0 Å². The van der Waals surface area contributed by atoms with Crippen LogP contribution in [0.3, 0.4) is 0 Å². The molecule has 2 saturated heterocycles. The molecule has 4 aromatic heterocycles. The fourth-order valence-corrected chi connectivity index (χ4v) is 9.62. The lowest BCUT2D eigenvalue weighted by Crippen LogP contribution is -2.43. The van der Waals surface area contributed by atoms with E-state index < -0.39 is 41.4 Å². The van der Waals surface area contributed by atoms with Crippen LogP contribution in [0.25, 0.3) is 22.5 Å². The molecule has 0 spiro atoms. The highest BCUT2D eigenvalue weighted by atomic mass is 16.6. The SMILES string of the molecule is CCc1ccnc(NC(=O)c2ccc(-c3nc([C@@H]4CCCCN4C(=O)OC(C)(C)C)n(N)c3C(C)=O)cc2)c1.CCc1ccnc(NC(=O)c2ccc(-c3nc([C@@H]4CCCCN4C(=O)OC(C)(C)C)n(NC(C)=O)c3C(C)=O)cc2)c1. The summed E-state index contributed by atoms with van der Waals surface area (Å²) in [6.45, 7) is 20.1. The van der Waals surface area contributed by atoms with E-state index in [2.05, 4.69) is 26.0 Å². The Hall–Kier alpha value is -8.75. The van der Waals surface area contributed by atoms with E-state index in [-0.39, 0.29) is 34.8 Å². The lowest BCUT2D eigenvalue weighted by atomic mass is 10.0. The van der Waals surface area contributed by atoms with Gasteiger partial charge >= 0.3 is 12.2 Å². The third kappa shape index (κ3) is 14.9. The van der Waals surface area contributed by atoms with E-state index in [1.165, 1.54) is 30.1 Å². The van der Waals surface area contributed by atoms with Crippen LogP contribution in [0.4, 0.5) is 21.2 Å². The van der Waals surface area contributed by atoms with Gasteiger partial charge in [-0.05, 0) is 153 Å². The van der Waals surface area contributed by atoms with E-state index >= 15 is 0 Å². The van der Waals surface area contributed by atoms with Crippen LogP contribution in [-0.2, 0) is 27.1 Å². The average Bonchev–Trinajstić information content (AvgIpc) is 4.20. The number of pyridine rings is 2. The molecule has 6 aromatic rings. The van der Waals surface area contributed by atoms with Gasteiger partial charge in [0.2, 0.25) is 5.91 Å². The van der Waals surface area contributed by atoms with E-state index in [1.807, 2.05) is 58.9 Å². The highest BCUT2D eigenvalue weighted by molar-refractivity contribution is 6.05. The van der Waals surface area contributed by atoms with Crippen LogP contribution in [0.15, 0.2) is 85.2 Å². The molecule has 21 nitrogen and oxygen atoms in total. The fourth-order valence-electron chi connectivity index (χ4n) is 9.62. The summed E-state index contributed by atoms with van der Waals surface area (Å²) in [6.07, 6.45) is 8.66. The largest absolute Gasteiger partial charge is 0.444 e. The van der Waals surface area contributed by atoms with Gasteiger partial charge in [0.05, 0.1) is 12.1 Å². The Labute approximate surface area is 472 Å². The first-order valence-corrected chi connectivity index (χ1v) is 27.4. The number of ketones is 2. The molecule has 2 fully saturated rings. The zero-order valence-electron chi connectivity index (χ0n) is 48.1. The van der Waals surface area contributed by atoms with Crippen LogP contribution in [0.1, 0.15) is 191 Å². The van der Waals surface area contributed by atoms with Gasteiger partial charge in [0.1, 0.15) is 45.6 Å². The number of aryl methyl sites for hydroxylation is 2. The van der Waals surface area contributed by atoms with Crippen LogP contribution in [0.5, 0.6) is 0 Å². The topological polar surface area (TPSA) is 268 Å². The monoisotopic (exact) mass is 1110 g/mol. The maximum absolute atomic E-state index is 13.2. The van der Waals surface area contributed by atoms with Crippen LogP contribution in [-0.4, -0.2) is 105 Å². The number of anilines is 2. The molecule has 81 heavy (non-hydrogen) atoms. The van der Waals surface area contributed by atoms with Gasteiger partial charge in [0.25, 0.3) is 11.8 Å². The summed E-state index contributed by atoms with van der Waals surface area (Å²) >= 11 is 0. The summed E-state index contributed by atoms with van der Waals surface area (Å²) in [7, 11) is 0. The molecule has 428 valence electrons. The molecule has 6 heterocycles. The summed E-state index contributed by atoms with van der Waals surface area (Å²) in [4.78, 5) is 111. The van der Waals surface area contributed by atoms with Gasteiger partial charge < -0.3 is 25.9 Å². The molecule has 2 aliphatic heterocycles. The number of nitrogens with two attached hydrogens (primary N) is 1. The van der Waals surface area contributed by atoms with Crippen molar-refractivity contribution in [1.82, 2.24) is 39.1 Å². The van der Waals surface area contributed by atoms with Gasteiger partial charge in [0, 0.05) is 68.5 Å². The Morgan fingerprint density at radius 2 is 0.988 bits per heavy atom. The van der Waals surface area contributed by atoms with Gasteiger partial charge in [-0.25, -0.2) is 38.9 Å². The van der Waals surface area contributed by atoms with Crippen molar-refractivity contribution < 1.29 is 43.0 Å². The van der Waals surface area contributed by atoms with Gasteiger partial charge in [-0.2, -0.15) is 0 Å². The Balaban J connectivity index is 0.000000234. The summed E-state index contributed by atoms with van der Waals surface area (Å²) in [5.41, 5.74) is 6.72. The molecule has 0 unspecified atom stereocenters. The smallest absolute Gasteiger partial charge is 0.410 e. The molecule has 0 radical (unpaired) electrons. The second kappa shape index (κ2) is 25.6. The first kappa shape index (κ1) is 59.9. The van der Waals surface area contributed by atoms with Gasteiger partial charge in [-0.1, -0.05) is 38.1 Å². The standard InChI is InChI=1S/C31H38N6O5.C29H36N6O4/c1-7-21-15-16-32-25(18-21)33-29(40)23-13-11-22(12-14-23)26-27(19(2)38)37(35-20(3)39)28(34-26)24-10-8-9-17-36(24)30(41)42-31(4,5)6;1-6-19-14-15-31-23(17-19)32-27(37)21-12-10-20(11-13-21)24-25(18(2)36)35(30)26(33-24)22-9-7-8-16-34(22)28(38)39-29(3,4)5/h11-16,18,24H,7-10,17H2,1-6H3,(H,35,39)(H,32,33,40);10-15,17,22H,6-9,16,30H2,1-5H3,(H,31,32,37)/t24-;22-/m00/s1. The van der Waals surface area contributed by atoms with E-state index in [0.29, 0.717) is 82.9 Å². The quantitative estimate of drug-likeness (QED) is 0.0619. The van der Waals surface area contributed by atoms with E-state index in [0.717, 1.165) is 49.7 Å². The van der Waals surface area contributed by atoms with Crippen molar-refractivity contribution in [2.45, 2.75) is 151 Å². The average molecular weight is 1110 g/mol. The van der Waals surface area contributed by atoms with Gasteiger partial charge in [-0.15, -0.1) is 0 Å². The number of nitrogen functional groups attached to an aromatic ring is 1. The van der Waals surface area contributed by atoms with E-state index in [4.69, 9.17) is 25.3 Å². The number of amides is 5. The second-order valence-electron chi connectivity index (χ2n) is 22.1. The van der Waals surface area contributed by atoms with Crippen molar-refractivity contribution in [3.63, 3.8) is 0 Å². The first-order chi connectivity index (χ1) is 38.4. The number of carbonyl (C=O) groups is 7. The Morgan fingerprint density at radius 3 is 1.38 bits per heavy atom. The van der Waals surface area contributed by atoms with Crippen LogP contribution in [0, 0.1) is 0 Å². The second-order valence-corrected chi connectivity index (χ2v) is 22.1. The number of Topliss-reactive ketones (excluding diaryl/α,β-unsaturated/α-hetero) is 2. The van der Waals surface area contributed by atoms with E-state index in [9.17, 15) is 33.6 Å². The third-order valence-electron chi connectivity index (χ3n) is 13.4. The number of ether oxygens (including phenoxy) is 2. The maximum Gasteiger partial charge on any atom is 0.410 e.